The largest absolute Gasteiger partial charge is 0.394 e. The van der Waals surface area contributed by atoms with E-state index in [9.17, 15) is 0 Å². The summed E-state index contributed by atoms with van der Waals surface area (Å²) in [5, 5.41) is 8.42. The fourth-order valence-electron chi connectivity index (χ4n) is 0.910. The topological polar surface area (TPSA) is 83.2 Å². The highest BCUT2D eigenvalue weighted by Gasteiger charge is 1.91. The molecule has 98 valence electrons. The van der Waals surface area contributed by atoms with Crippen LogP contribution in [0.25, 0.3) is 0 Å². The molecule has 0 aromatic heterocycles. The van der Waals surface area contributed by atoms with Crippen molar-refractivity contribution in [2.45, 2.75) is 0 Å². The highest BCUT2D eigenvalue weighted by atomic mass is 16.6. The number of nitrogens with two attached hydrogens (primary N) is 1. The van der Waals surface area contributed by atoms with Crippen molar-refractivity contribution in [1.29, 1.82) is 0 Å². The Balaban J connectivity index is 2.83. The second-order valence-electron chi connectivity index (χ2n) is 2.96. The lowest BCUT2D eigenvalue weighted by Gasteiger charge is -2.06. The van der Waals surface area contributed by atoms with E-state index in [2.05, 4.69) is 0 Å². The first kappa shape index (κ1) is 15.8. The molecule has 0 spiro atoms. The van der Waals surface area contributed by atoms with Crippen LogP contribution in [0.1, 0.15) is 0 Å². The van der Waals surface area contributed by atoms with E-state index in [0.29, 0.717) is 59.4 Å². The molecule has 0 heterocycles. The van der Waals surface area contributed by atoms with E-state index in [4.69, 9.17) is 29.8 Å². The summed E-state index contributed by atoms with van der Waals surface area (Å²) >= 11 is 0. The van der Waals surface area contributed by atoms with Crippen molar-refractivity contribution in [3.05, 3.63) is 0 Å². The zero-order valence-electron chi connectivity index (χ0n) is 9.73. The molecule has 0 radical (unpaired) electrons. The Hall–Kier alpha value is -0.240. The molecule has 3 N–H and O–H groups in total. The van der Waals surface area contributed by atoms with Gasteiger partial charge in [-0.15, -0.1) is 0 Å². The van der Waals surface area contributed by atoms with E-state index < -0.39 is 0 Å². The fraction of sp³-hybridized carbons (Fsp3) is 1.00. The van der Waals surface area contributed by atoms with Crippen molar-refractivity contribution in [1.82, 2.24) is 0 Å². The molecule has 0 aromatic rings. The van der Waals surface area contributed by atoms with Crippen LogP contribution in [0, 0.1) is 0 Å². The van der Waals surface area contributed by atoms with Gasteiger partial charge < -0.3 is 29.8 Å². The number of rotatable bonds is 13. The van der Waals surface area contributed by atoms with E-state index in [1.54, 1.807) is 0 Å². The fourth-order valence-corrected chi connectivity index (χ4v) is 0.910. The Bertz CT molecular complexity index is 112. The first-order valence-corrected chi connectivity index (χ1v) is 5.53. The predicted octanol–water partition coefficient (Wildman–Crippen LogP) is -0.996. The van der Waals surface area contributed by atoms with Crippen molar-refractivity contribution in [3.63, 3.8) is 0 Å². The summed E-state index contributed by atoms with van der Waals surface area (Å²) in [6.07, 6.45) is 0. The molecule has 16 heavy (non-hydrogen) atoms. The standard InChI is InChI=1S/C10H23NO5/c11-1-3-13-5-7-15-9-10-16-8-6-14-4-2-12/h12H,1-11H2. The van der Waals surface area contributed by atoms with Gasteiger partial charge in [-0.1, -0.05) is 0 Å². The maximum absolute atomic E-state index is 8.42. The number of hydrogen-bond acceptors (Lipinski definition) is 6. The highest BCUT2D eigenvalue weighted by molar-refractivity contribution is 4.35. The lowest BCUT2D eigenvalue weighted by Crippen LogP contribution is -2.14. The average Bonchev–Trinajstić information content (AvgIpc) is 2.31. The van der Waals surface area contributed by atoms with Crippen LogP contribution in [0.3, 0.4) is 0 Å². The summed E-state index contributed by atoms with van der Waals surface area (Å²) in [6.45, 7) is 4.75. The minimum absolute atomic E-state index is 0.0475. The molecule has 0 bridgehead atoms. The first-order valence-electron chi connectivity index (χ1n) is 5.53. The Kier molecular flexibility index (Phi) is 14.5. The number of ether oxygens (including phenoxy) is 4. The van der Waals surface area contributed by atoms with Crippen LogP contribution in [-0.4, -0.2) is 71.1 Å². The van der Waals surface area contributed by atoms with Gasteiger partial charge in [0.05, 0.1) is 59.5 Å². The molecular formula is C10H23NO5. The molecule has 0 amide bonds. The number of hydrogen-bond donors (Lipinski definition) is 2. The molecule has 0 saturated carbocycles. The third-order valence-corrected chi connectivity index (χ3v) is 1.61. The van der Waals surface area contributed by atoms with Gasteiger partial charge in [0.1, 0.15) is 0 Å². The maximum Gasteiger partial charge on any atom is 0.0701 e. The molecule has 0 aromatic carbocycles. The van der Waals surface area contributed by atoms with Crippen LogP contribution >= 0.6 is 0 Å². The van der Waals surface area contributed by atoms with E-state index in [1.807, 2.05) is 0 Å². The molecule has 0 aliphatic heterocycles. The predicted molar refractivity (Wildman–Crippen MR) is 59.4 cm³/mol. The monoisotopic (exact) mass is 237 g/mol. The van der Waals surface area contributed by atoms with Gasteiger partial charge in [0, 0.05) is 6.54 Å². The smallest absolute Gasteiger partial charge is 0.0701 e. The van der Waals surface area contributed by atoms with Gasteiger partial charge in [-0.25, -0.2) is 0 Å². The lowest BCUT2D eigenvalue weighted by atomic mass is 10.7. The molecule has 0 unspecified atom stereocenters. The molecule has 0 aliphatic carbocycles. The Labute approximate surface area is 96.6 Å². The van der Waals surface area contributed by atoms with E-state index >= 15 is 0 Å². The number of aliphatic hydroxyl groups excluding tert-OH is 1. The van der Waals surface area contributed by atoms with Gasteiger partial charge in [0.15, 0.2) is 0 Å². The van der Waals surface area contributed by atoms with Gasteiger partial charge in [0.25, 0.3) is 0 Å². The molecule has 0 rings (SSSR count). The summed E-state index contributed by atoms with van der Waals surface area (Å²) in [5.41, 5.74) is 5.25. The minimum atomic E-state index is 0.0475. The van der Waals surface area contributed by atoms with Crippen LogP contribution in [0.15, 0.2) is 0 Å². The summed E-state index contributed by atoms with van der Waals surface area (Å²) < 4.78 is 20.6. The van der Waals surface area contributed by atoms with Gasteiger partial charge in [-0.3, -0.25) is 0 Å². The second kappa shape index (κ2) is 14.8. The molecule has 6 nitrogen and oxygen atoms in total. The van der Waals surface area contributed by atoms with Crippen LogP contribution in [0.2, 0.25) is 0 Å². The third-order valence-electron chi connectivity index (χ3n) is 1.61. The first-order chi connectivity index (χ1) is 7.91. The Morgan fingerprint density at radius 2 is 1.00 bits per heavy atom. The third kappa shape index (κ3) is 13.8. The van der Waals surface area contributed by atoms with Gasteiger partial charge >= 0.3 is 0 Å². The molecule has 6 heteroatoms. The normalized spacial score (nSPS) is 10.9. The van der Waals surface area contributed by atoms with Crippen molar-refractivity contribution < 1.29 is 24.1 Å². The summed E-state index contributed by atoms with van der Waals surface area (Å²) in [7, 11) is 0. The van der Waals surface area contributed by atoms with Crippen LogP contribution < -0.4 is 5.73 Å². The second-order valence-corrected chi connectivity index (χ2v) is 2.96. The minimum Gasteiger partial charge on any atom is -0.394 e. The Morgan fingerprint density at radius 1 is 0.625 bits per heavy atom. The molecule has 0 saturated heterocycles. The van der Waals surface area contributed by atoms with Crippen molar-refractivity contribution in [2.75, 3.05) is 66.0 Å². The van der Waals surface area contributed by atoms with Gasteiger partial charge in [0.2, 0.25) is 0 Å². The quantitative estimate of drug-likeness (QED) is 0.400. The zero-order chi connectivity index (χ0) is 11.9. The van der Waals surface area contributed by atoms with E-state index in [0.717, 1.165) is 0 Å². The van der Waals surface area contributed by atoms with E-state index in [1.165, 1.54) is 0 Å². The van der Waals surface area contributed by atoms with Crippen molar-refractivity contribution >= 4 is 0 Å². The van der Waals surface area contributed by atoms with Crippen molar-refractivity contribution in [2.24, 2.45) is 5.73 Å². The lowest BCUT2D eigenvalue weighted by molar-refractivity contribution is -0.00481. The average molecular weight is 237 g/mol. The summed E-state index contributed by atoms with van der Waals surface area (Å²) in [6, 6.07) is 0. The highest BCUT2D eigenvalue weighted by Crippen LogP contribution is 1.82. The van der Waals surface area contributed by atoms with Crippen molar-refractivity contribution in [3.8, 4) is 0 Å². The van der Waals surface area contributed by atoms with Crippen LogP contribution in [0.5, 0.6) is 0 Å². The SMILES string of the molecule is NCCOCCOCCOCCOCCO. The van der Waals surface area contributed by atoms with Gasteiger partial charge in [-0.05, 0) is 0 Å². The van der Waals surface area contributed by atoms with Crippen LogP contribution in [0.4, 0.5) is 0 Å². The van der Waals surface area contributed by atoms with Crippen LogP contribution in [-0.2, 0) is 18.9 Å². The summed E-state index contributed by atoms with van der Waals surface area (Å²) in [5.74, 6) is 0. The zero-order valence-corrected chi connectivity index (χ0v) is 9.73. The summed E-state index contributed by atoms with van der Waals surface area (Å²) in [4.78, 5) is 0. The molecular weight excluding hydrogens is 214 g/mol. The molecule has 0 fully saturated rings. The maximum atomic E-state index is 8.42. The Morgan fingerprint density at radius 3 is 1.38 bits per heavy atom. The van der Waals surface area contributed by atoms with E-state index in [-0.39, 0.29) is 6.61 Å². The number of aliphatic hydroxyl groups is 1. The van der Waals surface area contributed by atoms with Gasteiger partial charge in [-0.2, -0.15) is 0 Å². The molecule has 0 atom stereocenters. The molecule has 0 aliphatic rings.